The molecule has 1 aliphatic carbocycles. The van der Waals surface area contributed by atoms with Crippen molar-refractivity contribution in [2.24, 2.45) is 5.41 Å². The Morgan fingerprint density at radius 2 is 1.47 bits per heavy atom. The van der Waals surface area contributed by atoms with E-state index in [1.807, 2.05) is 36.4 Å². The highest BCUT2D eigenvalue weighted by Gasteiger charge is 2.56. The number of sulfonamides is 1. The van der Waals surface area contributed by atoms with Crippen LogP contribution in [0.1, 0.15) is 12.0 Å². The third-order valence-electron chi connectivity index (χ3n) is 6.76. The SMILES string of the molecule is O=C1N(c2ccccc2)C(C2(C(=O)O)C=CC(c3ccccc3)=CC2)CN1S(=O)(=O)c1ccccc1. The molecule has 0 radical (unpaired) electrons. The van der Waals surface area contributed by atoms with E-state index in [4.69, 9.17) is 0 Å². The van der Waals surface area contributed by atoms with Crippen LogP contribution in [0.3, 0.4) is 0 Å². The van der Waals surface area contributed by atoms with Gasteiger partial charge in [-0.1, -0.05) is 85.0 Å². The summed E-state index contributed by atoms with van der Waals surface area (Å²) < 4.78 is 27.7. The third kappa shape index (κ3) is 3.89. The normalized spacial score (nSPS) is 21.9. The zero-order chi connectivity index (χ0) is 25.3. The van der Waals surface area contributed by atoms with Gasteiger partial charge < -0.3 is 5.11 Å². The molecule has 2 amide bonds. The Morgan fingerprint density at radius 3 is 2.03 bits per heavy atom. The fourth-order valence-corrected chi connectivity index (χ4v) is 6.20. The lowest BCUT2D eigenvalue weighted by atomic mass is 9.73. The zero-order valence-corrected chi connectivity index (χ0v) is 20.1. The number of rotatable bonds is 6. The highest BCUT2D eigenvalue weighted by Crippen LogP contribution is 2.44. The summed E-state index contributed by atoms with van der Waals surface area (Å²) in [7, 11) is -4.20. The van der Waals surface area contributed by atoms with Gasteiger partial charge in [-0.05, 0) is 41.8 Å². The molecule has 1 heterocycles. The number of carboxylic acids is 1. The van der Waals surface area contributed by atoms with Crippen LogP contribution in [0.5, 0.6) is 0 Å². The average molecular weight is 501 g/mol. The molecule has 0 aromatic heterocycles. The number of aliphatic carboxylic acids is 1. The predicted molar refractivity (Wildman–Crippen MR) is 137 cm³/mol. The first-order chi connectivity index (χ1) is 17.3. The monoisotopic (exact) mass is 500 g/mol. The first kappa shape index (κ1) is 23.6. The van der Waals surface area contributed by atoms with Crippen LogP contribution < -0.4 is 4.90 Å². The van der Waals surface area contributed by atoms with Crippen molar-refractivity contribution >= 4 is 33.3 Å². The Kier molecular flexibility index (Phi) is 5.97. The summed E-state index contributed by atoms with van der Waals surface area (Å²) in [5.41, 5.74) is 0.732. The van der Waals surface area contributed by atoms with Crippen LogP contribution in [-0.2, 0) is 14.8 Å². The molecule has 3 aromatic rings. The summed E-state index contributed by atoms with van der Waals surface area (Å²) in [6, 6.07) is 24.1. The number of benzene rings is 3. The van der Waals surface area contributed by atoms with Crippen LogP contribution >= 0.6 is 0 Å². The van der Waals surface area contributed by atoms with Gasteiger partial charge in [0.15, 0.2) is 0 Å². The van der Waals surface area contributed by atoms with Crippen molar-refractivity contribution in [3.8, 4) is 0 Å². The highest BCUT2D eigenvalue weighted by molar-refractivity contribution is 7.89. The number of carbonyl (C=O) groups is 2. The molecule has 5 rings (SSSR count). The van der Waals surface area contributed by atoms with Crippen LogP contribution in [0.4, 0.5) is 10.5 Å². The molecular formula is C28H24N2O5S. The Balaban J connectivity index is 1.59. The summed E-state index contributed by atoms with van der Waals surface area (Å²) in [4.78, 5) is 27.8. The molecule has 36 heavy (non-hydrogen) atoms. The van der Waals surface area contributed by atoms with Gasteiger partial charge in [-0.3, -0.25) is 9.69 Å². The second-order valence-electron chi connectivity index (χ2n) is 8.76. The Labute approximate surface area is 209 Å². The third-order valence-corrected chi connectivity index (χ3v) is 8.51. The fraction of sp³-hybridized carbons (Fsp3) is 0.143. The maximum absolute atomic E-state index is 13.7. The molecule has 1 saturated heterocycles. The molecule has 1 fully saturated rings. The Bertz CT molecular complexity index is 1450. The van der Waals surface area contributed by atoms with Crippen LogP contribution in [0.15, 0.2) is 114 Å². The largest absolute Gasteiger partial charge is 0.481 e. The van der Waals surface area contributed by atoms with Gasteiger partial charge >= 0.3 is 12.0 Å². The molecule has 2 atom stereocenters. The number of amides is 2. The van der Waals surface area contributed by atoms with Gasteiger partial charge in [0.2, 0.25) is 0 Å². The van der Waals surface area contributed by atoms with E-state index in [0.29, 0.717) is 5.69 Å². The van der Waals surface area contributed by atoms with Crippen LogP contribution in [-0.4, -0.2) is 42.4 Å². The van der Waals surface area contributed by atoms with Gasteiger partial charge in [0.25, 0.3) is 10.0 Å². The predicted octanol–water partition coefficient (Wildman–Crippen LogP) is 4.80. The molecule has 3 aromatic carbocycles. The van der Waals surface area contributed by atoms with Gasteiger partial charge in [-0.25, -0.2) is 17.5 Å². The minimum Gasteiger partial charge on any atom is -0.481 e. The summed E-state index contributed by atoms with van der Waals surface area (Å²) in [6.45, 7) is -0.296. The second kappa shape index (κ2) is 9.13. The molecule has 1 N–H and O–H groups in total. The number of carbonyl (C=O) groups excluding carboxylic acids is 1. The molecule has 7 nitrogen and oxygen atoms in total. The smallest absolute Gasteiger partial charge is 0.338 e. The molecule has 2 unspecified atom stereocenters. The molecule has 0 saturated carbocycles. The number of carboxylic acid groups (broad SMARTS) is 1. The van der Waals surface area contributed by atoms with E-state index in [1.165, 1.54) is 17.0 Å². The Morgan fingerprint density at radius 1 is 0.889 bits per heavy atom. The van der Waals surface area contributed by atoms with E-state index < -0.39 is 33.5 Å². The quantitative estimate of drug-likeness (QED) is 0.525. The summed E-state index contributed by atoms with van der Waals surface area (Å²) >= 11 is 0. The fourth-order valence-electron chi connectivity index (χ4n) is 4.81. The molecular weight excluding hydrogens is 476 g/mol. The van der Waals surface area contributed by atoms with Gasteiger partial charge in [-0.15, -0.1) is 0 Å². The van der Waals surface area contributed by atoms with Gasteiger partial charge in [0, 0.05) is 5.69 Å². The van der Waals surface area contributed by atoms with Crippen molar-refractivity contribution in [2.75, 3.05) is 11.4 Å². The summed E-state index contributed by atoms with van der Waals surface area (Å²) in [5, 5.41) is 10.5. The van der Waals surface area contributed by atoms with E-state index in [2.05, 4.69) is 0 Å². The van der Waals surface area contributed by atoms with Crippen molar-refractivity contribution in [1.82, 2.24) is 4.31 Å². The molecule has 8 heteroatoms. The lowest BCUT2D eigenvalue weighted by Crippen LogP contribution is -2.51. The highest BCUT2D eigenvalue weighted by atomic mass is 32.2. The van der Waals surface area contributed by atoms with Crippen molar-refractivity contribution in [3.05, 3.63) is 115 Å². The standard InChI is InChI=1S/C28H24N2O5S/c31-26(32)28(18-16-22(17-19-28)21-10-4-1-5-11-21)25-20-29(36(34,35)24-14-8-3-9-15-24)27(33)30(25)23-12-6-2-7-13-23/h1-18,25H,19-20H2,(H,31,32). The number of urea groups is 1. The number of hydrogen-bond acceptors (Lipinski definition) is 4. The molecule has 182 valence electrons. The second-order valence-corrected chi connectivity index (χ2v) is 10.6. The molecule has 0 bridgehead atoms. The lowest BCUT2D eigenvalue weighted by molar-refractivity contribution is -0.146. The van der Waals surface area contributed by atoms with Crippen LogP contribution in [0.2, 0.25) is 0 Å². The average Bonchev–Trinajstić information content (AvgIpc) is 3.28. The van der Waals surface area contributed by atoms with E-state index in [9.17, 15) is 23.1 Å². The number of para-hydroxylation sites is 1. The lowest BCUT2D eigenvalue weighted by Gasteiger charge is -2.37. The van der Waals surface area contributed by atoms with Crippen LogP contribution in [0, 0.1) is 5.41 Å². The first-order valence-electron chi connectivity index (χ1n) is 11.5. The zero-order valence-electron chi connectivity index (χ0n) is 19.3. The molecule has 0 spiro atoms. The minimum absolute atomic E-state index is 0.0261. The maximum atomic E-state index is 13.7. The van der Waals surface area contributed by atoms with E-state index in [1.54, 1.807) is 60.7 Å². The van der Waals surface area contributed by atoms with Crippen molar-refractivity contribution in [3.63, 3.8) is 0 Å². The summed E-state index contributed by atoms with van der Waals surface area (Å²) in [6.07, 6.45) is 5.29. The number of nitrogens with zero attached hydrogens (tertiary/aromatic N) is 2. The maximum Gasteiger partial charge on any atom is 0.338 e. The number of allylic oxidation sites excluding steroid dienone is 3. The van der Waals surface area contributed by atoms with Crippen molar-refractivity contribution in [1.29, 1.82) is 0 Å². The topological polar surface area (TPSA) is 95.0 Å². The van der Waals surface area contributed by atoms with Crippen molar-refractivity contribution < 1.29 is 23.1 Å². The van der Waals surface area contributed by atoms with E-state index >= 15 is 0 Å². The first-order valence-corrected chi connectivity index (χ1v) is 12.9. The van der Waals surface area contributed by atoms with E-state index in [0.717, 1.165) is 15.4 Å². The number of anilines is 1. The van der Waals surface area contributed by atoms with Crippen molar-refractivity contribution in [2.45, 2.75) is 17.4 Å². The van der Waals surface area contributed by atoms with Gasteiger partial charge in [0.05, 0.1) is 17.5 Å². The molecule has 2 aliphatic rings. The van der Waals surface area contributed by atoms with Gasteiger partial charge in [-0.2, -0.15) is 0 Å². The van der Waals surface area contributed by atoms with Crippen LogP contribution in [0.25, 0.3) is 5.57 Å². The van der Waals surface area contributed by atoms with Gasteiger partial charge in [0.1, 0.15) is 5.41 Å². The molecule has 1 aliphatic heterocycles. The Hall–Kier alpha value is -4.17. The number of hydrogen-bond donors (Lipinski definition) is 1. The van der Waals surface area contributed by atoms with E-state index in [-0.39, 0.29) is 17.9 Å². The minimum atomic E-state index is -4.20. The summed E-state index contributed by atoms with van der Waals surface area (Å²) in [5.74, 6) is -1.13.